The second kappa shape index (κ2) is 24.5. The Morgan fingerprint density at radius 3 is 1.96 bits per heavy atom. The number of carbonyl (C=O) groups excluding carboxylic acids is 1. The minimum atomic E-state index is -3.40. The molecule has 1 aromatic heterocycles. The van der Waals surface area contributed by atoms with Crippen LogP contribution < -0.4 is 14.8 Å². The third-order valence-electron chi connectivity index (χ3n) is 8.48. The molecule has 1 N–H and O–H groups in total. The van der Waals surface area contributed by atoms with Gasteiger partial charge < -0.3 is 23.8 Å². The van der Waals surface area contributed by atoms with Crippen LogP contribution in [0.3, 0.4) is 0 Å². The van der Waals surface area contributed by atoms with Crippen LogP contribution in [0.5, 0.6) is 11.5 Å². The summed E-state index contributed by atoms with van der Waals surface area (Å²) in [4.78, 5) is 17.5. The fourth-order valence-electron chi connectivity index (χ4n) is 5.79. The number of unbranched alkanes of at least 4 members (excludes halogenated alkanes) is 12. The number of hydrogen-bond donors (Lipinski definition) is 1. The molecular weight excluding hydrogens is 623 g/mol. The van der Waals surface area contributed by atoms with Crippen LogP contribution in [0.2, 0.25) is 0 Å². The lowest BCUT2D eigenvalue weighted by molar-refractivity contribution is -0.121. The number of benzene rings is 1. The van der Waals surface area contributed by atoms with Gasteiger partial charge in [0.05, 0.1) is 32.1 Å². The molecule has 1 heterocycles. The number of ether oxygens (including phenoxy) is 2. The summed E-state index contributed by atoms with van der Waals surface area (Å²) in [5.41, 5.74) is 3.79. The summed E-state index contributed by atoms with van der Waals surface area (Å²) in [5, 5.41) is 3.14. The first-order chi connectivity index (χ1) is 23.2. The average molecular weight is 687 g/mol. The highest BCUT2D eigenvalue weighted by atomic mass is 31.2. The van der Waals surface area contributed by atoms with E-state index in [-0.39, 0.29) is 25.2 Å². The van der Waals surface area contributed by atoms with Gasteiger partial charge in [-0.15, -0.1) is 0 Å². The maximum absolute atomic E-state index is 13.1. The third-order valence-corrected chi connectivity index (χ3v) is 10.3. The number of carbonyl (C=O) groups is 1. The van der Waals surface area contributed by atoms with Crippen LogP contribution in [-0.2, 0) is 31.4 Å². The summed E-state index contributed by atoms with van der Waals surface area (Å²) in [5.74, 6) is 3.02. The van der Waals surface area contributed by atoms with Gasteiger partial charge in [0.1, 0.15) is 18.1 Å². The lowest BCUT2D eigenvalue weighted by Gasteiger charge is -2.18. The summed E-state index contributed by atoms with van der Waals surface area (Å²) < 4.78 is 35.5. The van der Waals surface area contributed by atoms with E-state index >= 15 is 0 Å². The number of rotatable bonds is 27. The van der Waals surface area contributed by atoms with Crippen molar-refractivity contribution in [1.29, 1.82) is 0 Å². The Bertz CT molecular complexity index is 1240. The number of nitrogens with zero attached hydrogens (tertiary/aromatic N) is 1. The van der Waals surface area contributed by atoms with Crippen molar-refractivity contribution in [1.82, 2.24) is 10.3 Å². The molecule has 8 nitrogen and oxygen atoms in total. The number of nitrogens with one attached hydrogen (secondary N) is 1. The highest BCUT2D eigenvalue weighted by molar-refractivity contribution is 7.57. The largest absolute Gasteiger partial charge is 0.496 e. The minimum absolute atomic E-state index is 0.00766. The lowest BCUT2D eigenvalue weighted by atomic mass is 10.0. The first-order valence-electron chi connectivity index (χ1n) is 18.3. The summed E-state index contributed by atoms with van der Waals surface area (Å²) in [7, 11) is -1.74. The van der Waals surface area contributed by atoms with Crippen LogP contribution in [0.4, 0.5) is 0 Å². The van der Waals surface area contributed by atoms with Crippen molar-refractivity contribution >= 4 is 13.5 Å². The van der Waals surface area contributed by atoms with Gasteiger partial charge in [-0.25, -0.2) is 0 Å². The van der Waals surface area contributed by atoms with Gasteiger partial charge in [0.15, 0.2) is 0 Å². The Hall–Kier alpha value is -2.67. The third kappa shape index (κ3) is 16.6. The number of hydrogen-bond acceptors (Lipinski definition) is 7. The van der Waals surface area contributed by atoms with Crippen molar-refractivity contribution in [3.05, 3.63) is 64.7 Å². The first-order valence-corrected chi connectivity index (χ1v) is 19.9. The van der Waals surface area contributed by atoms with E-state index in [1.807, 2.05) is 38.1 Å². The van der Waals surface area contributed by atoms with Gasteiger partial charge in [0.2, 0.25) is 5.91 Å². The molecule has 1 aromatic carbocycles. The molecule has 0 unspecified atom stereocenters. The number of aromatic nitrogens is 1. The molecule has 48 heavy (non-hydrogen) atoms. The Balaban J connectivity index is 1.88. The Kier molecular flexibility index (Phi) is 21.1. The molecule has 0 saturated heterocycles. The monoisotopic (exact) mass is 686 g/mol. The van der Waals surface area contributed by atoms with Crippen LogP contribution in [0.1, 0.15) is 133 Å². The van der Waals surface area contributed by atoms with Crippen molar-refractivity contribution in [2.24, 2.45) is 0 Å². The van der Waals surface area contributed by atoms with E-state index in [1.54, 1.807) is 33.2 Å². The van der Waals surface area contributed by atoms with Crippen LogP contribution >= 0.6 is 7.60 Å². The normalized spacial score (nSPS) is 12.4. The molecule has 1 atom stereocenters. The van der Waals surface area contributed by atoms with Crippen LogP contribution in [0.25, 0.3) is 0 Å². The Morgan fingerprint density at radius 1 is 0.854 bits per heavy atom. The lowest BCUT2D eigenvalue weighted by Crippen LogP contribution is -2.34. The van der Waals surface area contributed by atoms with Crippen molar-refractivity contribution in [3.8, 4) is 11.5 Å². The summed E-state index contributed by atoms with van der Waals surface area (Å²) >= 11 is 0. The molecule has 270 valence electrons. The molecular formula is C39H63N2O6P. The van der Waals surface area contributed by atoms with E-state index in [9.17, 15) is 9.36 Å². The predicted octanol–water partition coefficient (Wildman–Crippen LogP) is 10.6. The standard InChI is InChI=1S/C39H63N2O6P/c1-7-10-11-12-13-14-15-16-17-18-19-20-21-22-38(42)41-35(27-28-48(43,46-8-2)47-9-3)29-34-23-25-36(26-24-34)45-31-37-33(5)39(44-6)32(4)30-40-37/h23-28,30,35H,7-22,29,31H2,1-6H3,(H,41,42)/b28-27+/t35-/m0/s1. The summed E-state index contributed by atoms with van der Waals surface area (Å²) in [6, 6.07) is 7.42. The molecule has 0 radical (unpaired) electrons. The number of methoxy groups -OCH3 is 1. The highest BCUT2D eigenvalue weighted by Crippen LogP contribution is 2.49. The van der Waals surface area contributed by atoms with Gasteiger partial charge in [-0.3, -0.25) is 14.3 Å². The molecule has 0 aliphatic heterocycles. The average Bonchev–Trinajstić information content (AvgIpc) is 3.06. The second-order valence-electron chi connectivity index (χ2n) is 12.6. The first kappa shape index (κ1) is 41.5. The number of aryl methyl sites for hydroxylation is 1. The molecule has 2 aromatic rings. The van der Waals surface area contributed by atoms with Crippen molar-refractivity contribution in [3.63, 3.8) is 0 Å². The van der Waals surface area contributed by atoms with Gasteiger partial charge >= 0.3 is 7.60 Å². The smallest absolute Gasteiger partial charge is 0.353 e. The zero-order valence-electron chi connectivity index (χ0n) is 30.7. The van der Waals surface area contributed by atoms with E-state index in [4.69, 9.17) is 18.5 Å². The number of amides is 1. The Morgan fingerprint density at radius 2 is 1.42 bits per heavy atom. The maximum Gasteiger partial charge on any atom is 0.353 e. The van der Waals surface area contributed by atoms with Crippen molar-refractivity contribution in [2.45, 2.75) is 144 Å². The summed E-state index contributed by atoms with van der Waals surface area (Å²) in [6.45, 7) is 10.6. The van der Waals surface area contributed by atoms with Crippen LogP contribution in [0, 0.1) is 13.8 Å². The van der Waals surface area contributed by atoms with E-state index in [0.29, 0.717) is 19.4 Å². The van der Waals surface area contributed by atoms with Gasteiger partial charge in [0, 0.05) is 29.6 Å². The predicted molar refractivity (Wildman–Crippen MR) is 197 cm³/mol. The number of pyridine rings is 1. The highest BCUT2D eigenvalue weighted by Gasteiger charge is 2.21. The quantitative estimate of drug-likeness (QED) is 0.0738. The second-order valence-corrected chi connectivity index (χ2v) is 14.5. The van der Waals surface area contributed by atoms with Crippen molar-refractivity contribution < 1.29 is 27.9 Å². The molecule has 1 amide bonds. The molecule has 0 spiro atoms. The van der Waals surface area contributed by atoms with E-state index in [2.05, 4.69) is 17.2 Å². The van der Waals surface area contributed by atoms with E-state index in [0.717, 1.165) is 46.7 Å². The minimum Gasteiger partial charge on any atom is -0.496 e. The van der Waals surface area contributed by atoms with Crippen molar-refractivity contribution in [2.75, 3.05) is 20.3 Å². The van der Waals surface area contributed by atoms with Crippen LogP contribution in [0.15, 0.2) is 42.4 Å². The fraction of sp³-hybridized carbons (Fsp3) is 0.641. The molecule has 0 aliphatic carbocycles. The molecule has 0 fully saturated rings. The van der Waals surface area contributed by atoms with Gasteiger partial charge in [-0.1, -0.05) is 102 Å². The molecule has 9 heteroatoms. The van der Waals surface area contributed by atoms with Crippen LogP contribution in [-0.4, -0.2) is 37.3 Å². The molecule has 0 aliphatic rings. The van der Waals surface area contributed by atoms with E-state index < -0.39 is 7.60 Å². The zero-order valence-corrected chi connectivity index (χ0v) is 31.6. The zero-order chi connectivity index (χ0) is 35.0. The fourth-order valence-corrected chi connectivity index (χ4v) is 7.17. The van der Waals surface area contributed by atoms with E-state index in [1.165, 1.54) is 76.4 Å². The molecule has 2 rings (SSSR count). The topological polar surface area (TPSA) is 96.0 Å². The Labute approximate surface area is 291 Å². The maximum atomic E-state index is 13.1. The SMILES string of the molecule is CCCCCCCCCCCCCCCC(=O)N[C@@H](/C=C/P(=O)(OCC)OCC)Cc1ccc(OCc2ncc(C)c(OC)c2C)cc1. The molecule has 0 bridgehead atoms. The van der Waals surface area contributed by atoms with Gasteiger partial charge in [-0.2, -0.15) is 0 Å². The van der Waals surface area contributed by atoms with Gasteiger partial charge in [-0.05, 0) is 58.2 Å². The van der Waals surface area contributed by atoms with Gasteiger partial charge in [0.25, 0.3) is 0 Å². The molecule has 0 saturated carbocycles. The summed E-state index contributed by atoms with van der Waals surface area (Å²) in [6.07, 6.45) is 21.0.